The van der Waals surface area contributed by atoms with Gasteiger partial charge in [-0.05, 0) is 24.3 Å². The topological polar surface area (TPSA) is 197 Å². The first-order chi connectivity index (χ1) is 16.6. The normalized spacial score (nSPS) is 10.4. The number of rotatable bonds is 8. The van der Waals surface area contributed by atoms with Crippen LogP contribution in [0.4, 0.5) is 0 Å². The standard InChI is InChI=1S/C23H23N5O7/c1-10(29)33-15-7-5-12(20(31-3)18(15)22(24)25)14-9-17(35-28-14)13-6-8-16(34-11(2)30)19(23(26)27)21(13)32-4/h5-9H,1-4H3,(H3,24,25)(H3,26,27). The second-order valence-electron chi connectivity index (χ2n) is 7.13. The number of hydrogen-bond donors (Lipinski definition) is 4. The van der Waals surface area contributed by atoms with Crippen LogP contribution in [0.15, 0.2) is 34.9 Å². The molecule has 1 heterocycles. The summed E-state index contributed by atoms with van der Waals surface area (Å²) in [5, 5.41) is 19.9. The highest BCUT2D eigenvalue weighted by molar-refractivity contribution is 6.04. The number of carbonyl (C=O) groups excluding carboxylic acids is 2. The molecule has 12 nitrogen and oxygen atoms in total. The monoisotopic (exact) mass is 481 g/mol. The number of hydrogen-bond acceptors (Lipinski definition) is 10. The van der Waals surface area contributed by atoms with Crippen LogP contribution in [0, 0.1) is 10.8 Å². The van der Waals surface area contributed by atoms with Gasteiger partial charge in [0.25, 0.3) is 0 Å². The Labute approximate surface area is 199 Å². The molecule has 0 aliphatic rings. The van der Waals surface area contributed by atoms with Gasteiger partial charge in [0.1, 0.15) is 51.5 Å². The minimum Gasteiger partial charge on any atom is -0.495 e. The van der Waals surface area contributed by atoms with E-state index in [0.29, 0.717) is 16.8 Å². The molecule has 6 N–H and O–H groups in total. The molecule has 0 fully saturated rings. The van der Waals surface area contributed by atoms with Gasteiger partial charge in [0.15, 0.2) is 5.76 Å². The first-order valence-electron chi connectivity index (χ1n) is 10.0. The molecule has 0 radical (unpaired) electrons. The molecule has 0 aliphatic carbocycles. The largest absolute Gasteiger partial charge is 0.495 e. The van der Waals surface area contributed by atoms with Crippen LogP contribution in [-0.2, 0) is 9.59 Å². The molecule has 0 bridgehead atoms. The van der Waals surface area contributed by atoms with Crippen molar-refractivity contribution in [1.29, 1.82) is 10.8 Å². The number of nitrogens with one attached hydrogen (secondary N) is 2. The maximum atomic E-state index is 11.5. The van der Waals surface area contributed by atoms with Gasteiger partial charge in [-0.15, -0.1) is 0 Å². The van der Waals surface area contributed by atoms with E-state index in [2.05, 4.69) is 5.16 Å². The van der Waals surface area contributed by atoms with Gasteiger partial charge in [-0.25, -0.2) is 0 Å². The second kappa shape index (κ2) is 9.95. The Balaban J connectivity index is 2.17. The lowest BCUT2D eigenvalue weighted by atomic mass is 10.0. The maximum Gasteiger partial charge on any atom is 0.308 e. The Kier molecular flexibility index (Phi) is 7.04. The van der Waals surface area contributed by atoms with Gasteiger partial charge in [0, 0.05) is 25.5 Å². The number of nitrogens with two attached hydrogens (primary N) is 2. The summed E-state index contributed by atoms with van der Waals surface area (Å²) < 4.78 is 26.7. The van der Waals surface area contributed by atoms with Gasteiger partial charge in [-0.2, -0.15) is 0 Å². The van der Waals surface area contributed by atoms with Crippen molar-refractivity contribution in [2.75, 3.05) is 14.2 Å². The van der Waals surface area contributed by atoms with Gasteiger partial charge >= 0.3 is 11.9 Å². The number of esters is 2. The predicted molar refractivity (Wildman–Crippen MR) is 125 cm³/mol. The van der Waals surface area contributed by atoms with Crippen LogP contribution in [0.25, 0.3) is 22.6 Å². The molecule has 0 amide bonds. The van der Waals surface area contributed by atoms with Crippen LogP contribution in [-0.4, -0.2) is 43.0 Å². The third kappa shape index (κ3) is 4.90. The number of carbonyl (C=O) groups is 2. The number of methoxy groups -OCH3 is 2. The van der Waals surface area contributed by atoms with E-state index in [4.69, 9.17) is 45.8 Å². The summed E-state index contributed by atoms with van der Waals surface area (Å²) in [6.45, 7) is 2.45. The van der Waals surface area contributed by atoms with E-state index in [1.165, 1.54) is 40.2 Å². The van der Waals surface area contributed by atoms with Crippen LogP contribution >= 0.6 is 0 Å². The van der Waals surface area contributed by atoms with Crippen molar-refractivity contribution in [2.24, 2.45) is 11.5 Å². The second-order valence-corrected chi connectivity index (χ2v) is 7.13. The molecule has 1 aromatic heterocycles. The molecule has 0 unspecified atom stereocenters. The lowest BCUT2D eigenvalue weighted by Gasteiger charge is -2.15. The lowest BCUT2D eigenvalue weighted by Crippen LogP contribution is -2.16. The number of nitrogens with zero attached hydrogens (tertiary/aromatic N) is 1. The zero-order valence-electron chi connectivity index (χ0n) is 19.3. The molecule has 3 aromatic rings. The molecule has 35 heavy (non-hydrogen) atoms. The van der Waals surface area contributed by atoms with Crippen molar-refractivity contribution in [3.8, 4) is 45.6 Å². The summed E-state index contributed by atoms with van der Waals surface area (Å²) in [5.41, 5.74) is 12.7. The van der Waals surface area contributed by atoms with Gasteiger partial charge in [0.2, 0.25) is 0 Å². The Morgan fingerprint density at radius 3 is 1.71 bits per heavy atom. The lowest BCUT2D eigenvalue weighted by molar-refractivity contribution is -0.132. The van der Waals surface area contributed by atoms with Gasteiger partial charge in [-0.1, -0.05) is 5.16 Å². The van der Waals surface area contributed by atoms with E-state index in [-0.39, 0.29) is 51.6 Å². The van der Waals surface area contributed by atoms with E-state index in [1.807, 2.05) is 0 Å². The van der Waals surface area contributed by atoms with Crippen molar-refractivity contribution >= 4 is 23.6 Å². The summed E-state index contributed by atoms with van der Waals surface area (Å²) in [6, 6.07) is 7.64. The van der Waals surface area contributed by atoms with Gasteiger partial charge in [0.05, 0.1) is 19.8 Å². The average Bonchev–Trinajstić information content (AvgIpc) is 3.26. The molecular weight excluding hydrogens is 458 g/mol. The number of amidine groups is 2. The van der Waals surface area contributed by atoms with E-state index < -0.39 is 11.9 Å². The van der Waals surface area contributed by atoms with Crippen LogP contribution < -0.4 is 30.4 Å². The highest BCUT2D eigenvalue weighted by Gasteiger charge is 2.25. The molecule has 182 valence electrons. The molecule has 0 aliphatic heterocycles. The SMILES string of the molecule is COc1c(-c2cc(-c3ccc(OC(C)=O)c(C(=N)N)c3OC)on2)ccc(OC(C)=O)c1C(=N)N. The molecule has 12 heteroatoms. The third-order valence-electron chi connectivity index (χ3n) is 4.74. The van der Waals surface area contributed by atoms with Crippen molar-refractivity contribution in [1.82, 2.24) is 5.16 Å². The van der Waals surface area contributed by atoms with E-state index >= 15 is 0 Å². The molecule has 0 saturated heterocycles. The summed E-state index contributed by atoms with van der Waals surface area (Å²) in [5.74, 6) is -1.29. The van der Waals surface area contributed by atoms with Gasteiger partial charge < -0.3 is 34.9 Å². The van der Waals surface area contributed by atoms with E-state index in [0.717, 1.165) is 0 Å². The fourth-order valence-corrected chi connectivity index (χ4v) is 3.47. The Morgan fingerprint density at radius 1 is 0.829 bits per heavy atom. The molecule has 3 rings (SSSR count). The van der Waals surface area contributed by atoms with E-state index in [1.54, 1.807) is 18.2 Å². The molecule has 2 aromatic carbocycles. The molecule has 0 spiro atoms. The fraction of sp³-hybridized carbons (Fsp3) is 0.174. The summed E-state index contributed by atoms with van der Waals surface area (Å²) in [4.78, 5) is 22.9. The number of ether oxygens (including phenoxy) is 4. The highest BCUT2D eigenvalue weighted by atomic mass is 16.5. The Bertz CT molecular complexity index is 1250. The summed E-state index contributed by atoms with van der Waals surface area (Å²) >= 11 is 0. The van der Waals surface area contributed by atoms with Crippen LogP contribution in [0.1, 0.15) is 25.0 Å². The maximum absolute atomic E-state index is 11.5. The van der Waals surface area contributed by atoms with Gasteiger partial charge in [-0.3, -0.25) is 20.4 Å². The van der Waals surface area contributed by atoms with Crippen molar-refractivity contribution < 1.29 is 33.1 Å². The van der Waals surface area contributed by atoms with E-state index in [9.17, 15) is 9.59 Å². The number of aromatic nitrogens is 1. The van der Waals surface area contributed by atoms with Crippen molar-refractivity contribution in [3.63, 3.8) is 0 Å². The van der Waals surface area contributed by atoms with Crippen LogP contribution in [0.3, 0.4) is 0 Å². The zero-order valence-corrected chi connectivity index (χ0v) is 19.3. The van der Waals surface area contributed by atoms with Crippen LogP contribution in [0.2, 0.25) is 0 Å². The number of nitrogen functional groups attached to an aromatic ring is 2. The Hall–Kier alpha value is -4.87. The first kappa shape index (κ1) is 24.8. The fourth-order valence-electron chi connectivity index (χ4n) is 3.47. The third-order valence-corrected chi connectivity index (χ3v) is 4.74. The predicted octanol–water partition coefficient (Wildman–Crippen LogP) is 2.44. The minimum atomic E-state index is -0.588. The first-order valence-corrected chi connectivity index (χ1v) is 10.0. The number of benzene rings is 2. The zero-order chi connectivity index (χ0) is 25.9. The van der Waals surface area contributed by atoms with Crippen molar-refractivity contribution in [2.45, 2.75) is 13.8 Å². The van der Waals surface area contributed by atoms with Crippen LogP contribution in [0.5, 0.6) is 23.0 Å². The average molecular weight is 481 g/mol. The minimum absolute atomic E-state index is 0.0548. The molecular formula is C23H23N5O7. The Morgan fingerprint density at radius 2 is 1.29 bits per heavy atom. The summed E-state index contributed by atoms with van der Waals surface area (Å²) in [7, 11) is 2.75. The molecule has 0 atom stereocenters. The molecule has 0 saturated carbocycles. The summed E-state index contributed by atoms with van der Waals surface area (Å²) in [6.07, 6.45) is 0. The highest BCUT2D eigenvalue weighted by Crippen LogP contribution is 2.42. The van der Waals surface area contributed by atoms with Crippen molar-refractivity contribution in [3.05, 3.63) is 41.5 Å². The quantitative estimate of drug-likeness (QED) is 0.160. The smallest absolute Gasteiger partial charge is 0.308 e.